The lowest BCUT2D eigenvalue weighted by Gasteiger charge is -2.13. The van der Waals surface area contributed by atoms with E-state index < -0.39 is 17.9 Å². The van der Waals surface area contributed by atoms with Gasteiger partial charge in [0, 0.05) is 24.3 Å². The molecule has 19 heavy (non-hydrogen) atoms. The van der Waals surface area contributed by atoms with E-state index in [1.54, 1.807) is 6.92 Å². The Bertz CT molecular complexity index is 390. The molecule has 0 saturated carbocycles. The average Bonchev–Trinajstić information content (AvgIpc) is 2.34. The van der Waals surface area contributed by atoms with Crippen molar-refractivity contribution in [2.24, 2.45) is 0 Å². The lowest BCUT2D eigenvalue weighted by atomic mass is 10.1. The molecular weight excluding hydrogens is 252 g/mol. The third-order valence-corrected chi connectivity index (χ3v) is 2.45. The number of hydrogen-bond acceptors (Lipinski definition) is 4. The van der Waals surface area contributed by atoms with Crippen molar-refractivity contribution < 1.29 is 24.2 Å². The first kappa shape index (κ1) is 17.1. The van der Waals surface area contributed by atoms with E-state index in [9.17, 15) is 14.4 Å². The molecule has 0 aromatic rings. The molecule has 0 spiro atoms. The Kier molecular flexibility index (Phi) is 7.43. The zero-order valence-corrected chi connectivity index (χ0v) is 11.6. The number of urea groups is 1. The van der Waals surface area contributed by atoms with Gasteiger partial charge >= 0.3 is 12.0 Å². The normalized spacial score (nSPS) is 13.3. The molecule has 3 amide bonds. The van der Waals surface area contributed by atoms with E-state index in [0.717, 1.165) is 0 Å². The minimum absolute atomic E-state index is 0.0134. The molecule has 1 unspecified atom stereocenters. The average molecular weight is 272 g/mol. The van der Waals surface area contributed by atoms with Crippen molar-refractivity contribution in [2.45, 2.75) is 33.8 Å². The smallest absolute Gasteiger partial charge is 0.331 e. The number of carboxylic acids is 1. The molecule has 7 heteroatoms. The maximum atomic E-state index is 11.5. The Hall–Kier alpha value is -1.89. The van der Waals surface area contributed by atoms with Gasteiger partial charge < -0.3 is 15.2 Å². The van der Waals surface area contributed by atoms with Crippen LogP contribution in [-0.4, -0.2) is 42.3 Å². The van der Waals surface area contributed by atoms with E-state index in [1.807, 2.05) is 12.2 Å². The third kappa shape index (κ3) is 6.56. The Balaban J connectivity index is 4.31. The molecule has 7 nitrogen and oxygen atoms in total. The summed E-state index contributed by atoms with van der Waals surface area (Å²) in [5.41, 5.74) is -0.117. The van der Waals surface area contributed by atoms with Crippen LogP contribution in [0.1, 0.15) is 27.7 Å². The molecule has 0 saturated heterocycles. The molecule has 0 rings (SSSR count). The molecule has 0 fully saturated rings. The van der Waals surface area contributed by atoms with Gasteiger partial charge in [-0.3, -0.25) is 10.1 Å². The van der Waals surface area contributed by atoms with Crippen LogP contribution in [0, 0.1) is 0 Å². The van der Waals surface area contributed by atoms with Crippen molar-refractivity contribution in [1.82, 2.24) is 10.6 Å². The van der Waals surface area contributed by atoms with Crippen molar-refractivity contribution in [2.75, 3.05) is 13.2 Å². The number of rotatable bonds is 6. The molecule has 3 N–H and O–H groups in total. The highest BCUT2D eigenvalue weighted by molar-refractivity contribution is 6.07. The Morgan fingerprint density at radius 2 is 1.79 bits per heavy atom. The summed E-state index contributed by atoms with van der Waals surface area (Å²) in [5.74, 6) is -1.93. The van der Waals surface area contributed by atoms with Gasteiger partial charge in [-0.1, -0.05) is 0 Å². The van der Waals surface area contributed by atoms with Crippen LogP contribution in [0.15, 0.2) is 11.1 Å². The SMILES string of the molecule is CCOC(C)CNC(=O)NC(=O)C(C)=C(C)C(=O)O. The van der Waals surface area contributed by atoms with Crippen LogP contribution in [-0.2, 0) is 14.3 Å². The summed E-state index contributed by atoms with van der Waals surface area (Å²) in [6, 6.07) is -0.686. The van der Waals surface area contributed by atoms with E-state index in [-0.39, 0.29) is 23.8 Å². The number of carbonyl (C=O) groups is 3. The highest BCUT2D eigenvalue weighted by Gasteiger charge is 2.15. The van der Waals surface area contributed by atoms with E-state index >= 15 is 0 Å². The summed E-state index contributed by atoms with van der Waals surface area (Å²) < 4.78 is 5.20. The van der Waals surface area contributed by atoms with Gasteiger partial charge in [0.05, 0.1) is 6.10 Å². The maximum Gasteiger partial charge on any atom is 0.331 e. The van der Waals surface area contributed by atoms with Crippen molar-refractivity contribution in [3.8, 4) is 0 Å². The summed E-state index contributed by atoms with van der Waals surface area (Å²) >= 11 is 0. The van der Waals surface area contributed by atoms with Crippen LogP contribution in [0.4, 0.5) is 4.79 Å². The van der Waals surface area contributed by atoms with Crippen molar-refractivity contribution in [3.05, 3.63) is 11.1 Å². The van der Waals surface area contributed by atoms with E-state index in [4.69, 9.17) is 9.84 Å². The van der Waals surface area contributed by atoms with Crippen molar-refractivity contribution in [1.29, 1.82) is 0 Å². The van der Waals surface area contributed by atoms with Gasteiger partial charge in [0.15, 0.2) is 0 Å². The highest BCUT2D eigenvalue weighted by Crippen LogP contribution is 2.03. The van der Waals surface area contributed by atoms with Gasteiger partial charge in [0.1, 0.15) is 0 Å². The van der Waals surface area contributed by atoms with Gasteiger partial charge in [-0.05, 0) is 27.7 Å². The van der Waals surface area contributed by atoms with Gasteiger partial charge in [-0.2, -0.15) is 0 Å². The molecule has 0 aliphatic carbocycles. The lowest BCUT2D eigenvalue weighted by Crippen LogP contribution is -2.43. The zero-order chi connectivity index (χ0) is 15.0. The number of imide groups is 1. The topological polar surface area (TPSA) is 105 Å². The summed E-state index contributed by atoms with van der Waals surface area (Å²) in [5, 5.41) is 13.2. The van der Waals surface area contributed by atoms with Crippen LogP contribution >= 0.6 is 0 Å². The predicted molar refractivity (Wildman–Crippen MR) is 68.6 cm³/mol. The fraction of sp³-hybridized carbons (Fsp3) is 0.583. The number of nitrogens with one attached hydrogen (secondary N) is 2. The Labute approximate surface area is 112 Å². The maximum absolute atomic E-state index is 11.5. The monoisotopic (exact) mass is 272 g/mol. The van der Waals surface area contributed by atoms with Gasteiger partial charge in [-0.15, -0.1) is 0 Å². The van der Waals surface area contributed by atoms with E-state index in [2.05, 4.69) is 5.32 Å². The van der Waals surface area contributed by atoms with Crippen molar-refractivity contribution in [3.63, 3.8) is 0 Å². The van der Waals surface area contributed by atoms with E-state index in [1.165, 1.54) is 13.8 Å². The molecule has 0 aromatic carbocycles. The highest BCUT2D eigenvalue weighted by atomic mass is 16.5. The number of amides is 3. The molecule has 0 radical (unpaired) electrons. The van der Waals surface area contributed by atoms with Gasteiger partial charge in [-0.25, -0.2) is 9.59 Å². The molecule has 0 aliphatic heterocycles. The largest absolute Gasteiger partial charge is 0.478 e. The van der Waals surface area contributed by atoms with Crippen LogP contribution in [0.3, 0.4) is 0 Å². The molecule has 0 aliphatic rings. The van der Waals surface area contributed by atoms with Crippen LogP contribution < -0.4 is 10.6 Å². The molecular formula is C12H20N2O5. The fourth-order valence-electron chi connectivity index (χ4n) is 1.15. The summed E-state index contributed by atoms with van der Waals surface area (Å²) in [7, 11) is 0. The second-order valence-electron chi connectivity index (χ2n) is 3.99. The quantitative estimate of drug-likeness (QED) is 0.616. The first-order valence-electron chi connectivity index (χ1n) is 5.91. The lowest BCUT2D eigenvalue weighted by molar-refractivity contribution is -0.133. The first-order chi connectivity index (χ1) is 8.79. The zero-order valence-electron chi connectivity index (χ0n) is 11.6. The Morgan fingerprint density at radius 1 is 1.21 bits per heavy atom. The number of carbonyl (C=O) groups excluding carboxylic acids is 2. The number of carboxylic acid groups (broad SMARTS) is 1. The summed E-state index contributed by atoms with van der Waals surface area (Å²) in [6.07, 6.45) is -0.164. The van der Waals surface area contributed by atoms with Crippen molar-refractivity contribution >= 4 is 17.9 Å². The van der Waals surface area contributed by atoms with Crippen LogP contribution in [0.5, 0.6) is 0 Å². The molecule has 1 atom stereocenters. The summed E-state index contributed by atoms with van der Waals surface area (Å²) in [6.45, 7) is 7.05. The predicted octanol–water partition coefficient (Wildman–Crippen LogP) is 0.658. The van der Waals surface area contributed by atoms with Crippen LogP contribution in [0.2, 0.25) is 0 Å². The molecule has 0 heterocycles. The van der Waals surface area contributed by atoms with Gasteiger partial charge in [0.2, 0.25) is 0 Å². The summed E-state index contributed by atoms with van der Waals surface area (Å²) in [4.78, 5) is 33.6. The molecule has 108 valence electrons. The van der Waals surface area contributed by atoms with E-state index in [0.29, 0.717) is 6.61 Å². The minimum Gasteiger partial charge on any atom is -0.478 e. The van der Waals surface area contributed by atoms with Crippen LogP contribution in [0.25, 0.3) is 0 Å². The first-order valence-corrected chi connectivity index (χ1v) is 5.91. The second kappa shape index (κ2) is 8.25. The number of ether oxygens (including phenoxy) is 1. The minimum atomic E-state index is -1.20. The van der Waals surface area contributed by atoms with Gasteiger partial charge in [0.25, 0.3) is 5.91 Å². The Morgan fingerprint density at radius 3 is 2.26 bits per heavy atom. The molecule has 0 aromatic heterocycles. The molecule has 0 bridgehead atoms. The number of hydrogen-bond donors (Lipinski definition) is 3. The second-order valence-corrected chi connectivity index (χ2v) is 3.99. The number of aliphatic carboxylic acids is 1. The third-order valence-electron chi connectivity index (χ3n) is 2.45. The fourth-order valence-corrected chi connectivity index (χ4v) is 1.15. The standard InChI is InChI=1S/C12H20N2O5/c1-5-19-7(2)6-13-12(18)14-10(15)8(3)9(4)11(16)17/h7H,5-6H2,1-4H3,(H,16,17)(H2,13,14,15,18).